The van der Waals surface area contributed by atoms with Gasteiger partial charge in [-0.1, -0.05) is 38.1 Å². The largest absolute Gasteiger partial charge is 0.341 e. The quantitative estimate of drug-likeness (QED) is 0.280. The van der Waals surface area contributed by atoms with Gasteiger partial charge in [0.1, 0.15) is 0 Å². The van der Waals surface area contributed by atoms with Gasteiger partial charge in [0.25, 0.3) is 0 Å². The standard InChI is InChI=1S/C30H35N9O2.ClH/c1-18-14-20(6-7-23(18)19(2)34-27(40)28-36-29(37-41-28)30(3,4)5)26-25-10-13-32-39(25)17-24(35-26)21-15-33-38(16-21)22-8-11-31-12-9-22;/h6-7,10,13-17,19,22,31H,8-9,11-12H2,1-5H3,(H,34,40);1H/t19-;/m1./s1. The van der Waals surface area contributed by atoms with Crippen LogP contribution in [0.1, 0.15) is 80.3 Å². The van der Waals surface area contributed by atoms with E-state index in [4.69, 9.17) is 9.51 Å². The molecule has 0 unspecified atom stereocenters. The summed E-state index contributed by atoms with van der Waals surface area (Å²) in [7, 11) is 0. The van der Waals surface area contributed by atoms with Gasteiger partial charge in [0.15, 0.2) is 5.82 Å². The summed E-state index contributed by atoms with van der Waals surface area (Å²) in [5.41, 5.74) is 6.20. The Kier molecular flexibility index (Phi) is 8.16. The summed E-state index contributed by atoms with van der Waals surface area (Å²) in [5, 5.41) is 19.5. The van der Waals surface area contributed by atoms with Crippen LogP contribution in [-0.2, 0) is 5.41 Å². The zero-order valence-electron chi connectivity index (χ0n) is 24.5. The number of hydrogen-bond acceptors (Lipinski definition) is 8. The lowest BCUT2D eigenvalue weighted by Crippen LogP contribution is -2.29. The van der Waals surface area contributed by atoms with Crippen LogP contribution in [-0.4, -0.2) is 53.5 Å². The van der Waals surface area contributed by atoms with Crippen LogP contribution in [0.15, 0.2) is 53.6 Å². The third-order valence-corrected chi connectivity index (χ3v) is 7.62. The molecule has 11 nitrogen and oxygen atoms in total. The van der Waals surface area contributed by atoms with Crippen LogP contribution in [0.3, 0.4) is 0 Å². The van der Waals surface area contributed by atoms with Crippen LogP contribution >= 0.6 is 12.4 Å². The first-order valence-electron chi connectivity index (χ1n) is 14.0. The van der Waals surface area contributed by atoms with Crippen LogP contribution < -0.4 is 10.6 Å². The van der Waals surface area contributed by atoms with Gasteiger partial charge in [0.05, 0.1) is 47.6 Å². The van der Waals surface area contributed by atoms with Gasteiger partial charge < -0.3 is 15.2 Å². The van der Waals surface area contributed by atoms with Gasteiger partial charge in [-0.15, -0.1) is 12.4 Å². The van der Waals surface area contributed by atoms with Gasteiger partial charge >= 0.3 is 11.8 Å². The molecular formula is C30H36ClN9O2. The second-order valence-corrected chi connectivity index (χ2v) is 11.8. The fraction of sp³-hybridized carbons (Fsp3) is 0.400. The molecule has 1 aromatic carbocycles. The van der Waals surface area contributed by atoms with Crippen LogP contribution in [0.5, 0.6) is 0 Å². The number of nitrogens with zero attached hydrogens (tertiary/aromatic N) is 7. The van der Waals surface area contributed by atoms with E-state index in [0.29, 0.717) is 11.9 Å². The summed E-state index contributed by atoms with van der Waals surface area (Å²) in [6, 6.07) is 8.26. The van der Waals surface area contributed by atoms with E-state index in [-0.39, 0.29) is 29.8 Å². The summed E-state index contributed by atoms with van der Waals surface area (Å²) < 4.78 is 9.15. The highest BCUT2D eigenvalue weighted by atomic mass is 35.5. The van der Waals surface area contributed by atoms with Gasteiger partial charge in [-0.3, -0.25) is 9.48 Å². The summed E-state index contributed by atoms with van der Waals surface area (Å²) in [5.74, 6) is 0.0587. The highest BCUT2D eigenvalue weighted by molar-refractivity contribution is 5.89. The van der Waals surface area contributed by atoms with Crippen molar-refractivity contribution in [3.63, 3.8) is 0 Å². The van der Waals surface area contributed by atoms with E-state index in [1.807, 2.05) is 69.7 Å². The lowest BCUT2D eigenvalue weighted by molar-refractivity contribution is 0.0895. The Morgan fingerprint density at radius 2 is 1.88 bits per heavy atom. The monoisotopic (exact) mass is 589 g/mol. The van der Waals surface area contributed by atoms with Gasteiger partial charge in [-0.2, -0.15) is 15.2 Å². The molecule has 0 saturated carbocycles. The molecule has 12 heteroatoms. The molecule has 1 aliphatic rings. The number of rotatable bonds is 6. The molecule has 5 aromatic rings. The minimum absolute atomic E-state index is 0. The van der Waals surface area contributed by atoms with Crippen molar-refractivity contribution in [1.29, 1.82) is 0 Å². The third kappa shape index (κ3) is 5.79. The Hall–Kier alpha value is -4.09. The first kappa shape index (κ1) is 29.4. The number of aryl methyl sites for hydroxylation is 1. The summed E-state index contributed by atoms with van der Waals surface area (Å²) in [6.07, 6.45) is 9.83. The van der Waals surface area contributed by atoms with E-state index < -0.39 is 5.91 Å². The van der Waals surface area contributed by atoms with Crippen LogP contribution in [0, 0.1) is 6.92 Å². The zero-order valence-corrected chi connectivity index (χ0v) is 25.3. The zero-order chi connectivity index (χ0) is 28.7. The van der Waals surface area contributed by atoms with Gasteiger partial charge in [-0.05, 0) is 63.0 Å². The summed E-state index contributed by atoms with van der Waals surface area (Å²) in [6.45, 7) is 11.9. The predicted octanol–water partition coefficient (Wildman–Crippen LogP) is 5.09. The molecule has 0 bridgehead atoms. The molecule has 0 spiro atoms. The number of benzene rings is 1. The van der Waals surface area contributed by atoms with Crippen molar-refractivity contribution in [2.24, 2.45) is 0 Å². The smallest absolute Gasteiger partial charge is 0.315 e. The Morgan fingerprint density at radius 1 is 1.10 bits per heavy atom. The minimum Gasteiger partial charge on any atom is -0.341 e. The first-order valence-corrected chi connectivity index (χ1v) is 14.0. The molecule has 220 valence electrons. The van der Waals surface area contributed by atoms with Crippen molar-refractivity contribution in [1.82, 2.24) is 45.2 Å². The van der Waals surface area contributed by atoms with E-state index in [1.165, 1.54) is 0 Å². The molecule has 1 aliphatic heterocycles. The molecule has 5 heterocycles. The molecule has 1 saturated heterocycles. The lowest BCUT2D eigenvalue weighted by Gasteiger charge is -2.22. The molecule has 42 heavy (non-hydrogen) atoms. The number of amides is 1. The molecule has 1 amide bonds. The minimum atomic E-state index is -0.399. The number of carbonyl (C=O) groups is 1. The Bertz CT molecular complexity index is 1710. The SMILES string of the molecule is Cc1cc(-c2nc(-c3cnn(C4CCNCC4)c3)cn3nccc23)ccc1[C@@H](C)NC(=O)c1nc(C(C)(C)C)no1.Cl. The molecule has 6 rings (SSSR count). The van der Waals surface area contributed by atoms with Gasteiger partial charge in [0, 0.05) is 22.7 Å². The molecule has 1 fully saturated rings. The highest BCUT2D eigenvalue weighted by Gasteiger charge is 2.25. The van der Waals surface area contributed by atoms with Crippen molar-refractivity contribution >= 4 is 23.8 Å². The number of fused-ring (bicyclic) bond motifs is 1. The maximum atomic E-state index is 12.8. The molecule has 2 N–H and O–H groups in total. The Morgan fingerprint density at radius 3 is 2.60 bits per heavy atom. The molecular weight excluding hydrogens is 554 g/mol. The number of aromatic nitrogens is 7. The van der Waals surface area contributed by atoms with Crippen molar-refractivity contribution in [2.45, 2.75) is 65.0 Å². The fourth-order valence-corrected chi connectivity index (χ4v) is 5.29. The van der Waals surface area contributed by atoms with Gasteiger partial charge in [-0.25, -0.2) is 9.50 Å². The van der Waals surface area contributed by atoms with E-state index in [9.17, 15) is 4.79 Å². The fourth-order valence-electron chi connectivity index (χ4n) is 5.29. The second kappa shape index (κ2) is 11.7. The van der Waals surface area contributed by atoms with Crippen LogP contribution in [0.2, 0.25) is 0 Å². The van der Waals surface area contributed by atoms with E-state index in [1.54, 1.807) is 6.20 Å². The number of nitrogens with one attached hydrogen (secondary N) is 2. The molecule has 0 radical (unpaired) electrons. The summed E-state index contributed by atoms with van der Waals surface area (Å²) in [4.78, 5) is 22.2. The van der Waals surface area contributed by atoms with Crippen LogP contribution in [0.4, 0.5) is 0 Å². The van der Waals surface area contributed by atoms with E-state index in [0.717, 1.165) is 65.1 Å². The van der Waals surface area contributed by atoms with Gasteiger partial charge in [0.2, 0.25) is 0 Å². The van der Waals surface area contributed by atoms with Crippen molar-refractivity contribution in [3.05, 3.63) is 71.9 Å². The third-order valence-electron chi connectivity index (χ3n) is 7.62. The molecule has 0 aliphatic carbocycles. The predicted molar refractivity (Wildman–Crippen MR) is 162 cm³/mol. The number of hydrogen-bond donors (Lipinski definition) is 2. The number of carbonyl (C=O) groups excluding carboxylic acids is 1. The normalized spacial score (nSPS) is 15.0. The molecule has 1 atom stereocenters. The Labute approximate surface area is 250 Å². The maximum Gasteiger partial charge on any atom is 0.315 e. The van der Waals surface area contributed by atoms with E-state index in [2.05, 4.69) is 47.9 Å². The van der Waals surface area contributed by atoms with E-state index >= 15 is 0 Å². The number of piperidine rings is 1. The molecule has 4 aromatic heterocycles. The van der Waals surface area contributed by atoms with Crippen molar-refractivity contribution < 1.29 is 9.32 Å². The number of halogens is 1. The van der Waals surface area contributed by atoms with Crippen molar-refractivity contribution in [3.8, 4) is 22.5 Å². The average Bonchev–Trinajstić information content (AvgIpc) is 3.73. The maximum absolute atomic E-state index is 12.8. The second-order valence-electron chi connectivity index (χ2n) is 11.8. The Balaban J connectivity index is 0.00000353. The van der Waals surface area contributed by atoms with Crippen LogP contribution in [0.25, 0.3) is 28.0 Å². The lowest BCUT2D eigenvalue weighted by atomic mass is 9.96. The summed E-state index contributed by atoms with van der Waals surface area (Å²) >= 11 is 0. The average molecular weight is 590 g/mol. The van der Waals surface area contributed by atoms with Crippen molar-refractivity contribution in [2.75, 3.05) is 13.1 Å². The first-order chi connectivity index (χ1) is 19.7. The topological polar surface area (TPSA) is 128 Å². The highest BCUT2D eigenvalue weighted by Crippen LogP contribution is 2.30.